The molecule has 0 aromatic heterocycles. The number of carbonyl (C=O) groups is 1. The molecule has 1 aromatic carbocycles. The average molecular weight is 309 g/mol. The lowest BCUT2D eigenvalue weighted by molar-refractivity contribution is -0.116. The number of nitrogens with one attached hydrogen (secondary N) is 1. The smallest absolute Gasteiger partial charge is 0.225 e. The van der Waals surface area contributed by atoms with Crippen molar-refractivity contribution in [3.63, 3.8) is 0 Å². The molecular weight excluding hydrogens is 286 g/mol. The second-order valence-electron chi connectivity index (χ2n) is 5.18. The van der Waals surface area contributed by atoms with E-state index >= 15 is 0 Å². The number of aliphatic hydroxyl groups is 1. The van der Waals surface area contributed by atoms with Crippen LogP contribution in [0.15, 0.2) is 24.3 Å². The fourth-order valence-corrected chi connectivity index (χ4v) is 1.91. The number of amides is 1. The van der Waals surface area contributed by atoms with Gasteiger partial charge >= 0.3 is 0 Å². The molecule has 1 amide bonds. The number of hydrogen-bond donors (Lipinski definition) is 3. The second kappa shape index (κ2) is 8.71. The lowest BCUT2D eigenvalue weighted by atomic mass is 10.2. The van der Waals surface area contributed by atoms with E-state index in [1.807, 2.05) is 18.0 Å². The Morgan fingerprint density at radius 3 is 2.81 bits per heavy atom. The highest BCUT2D eigenvalue weighted by Gasteiger charge is 2.07. The Balaban J connectivity index is 2.40. The fraction of sp³-hybridized carbons (Fsp3) is 0.467. The molecule has 5 nitrogen and oxygen atoms in total. The molecule has 0 radical (unpaired) electrons. The topological polar surface area (TPSA) is 78.6 Å². The van der Waals surface area contributed by atoms with Gasteiger partial charge < -0.3 is 21.1 Å². The maximum Gasteiger partial charge on any atom is 0.225 e. The first-order valence-electron chi connectivity index (χ1n) is 6.95. The van der Waals surface area contributed by atoms with Crippen molar-refractivity contribution < 1.29 is 9.90 Å². The van der Waals surface area contributed by atoms with Crippen molar-refractivity contribution in [2.75, 3.05) is 25.5 Å². The molecule has 0 aliphatic carbocycles. The summed E-state index contributed by atoms with van der Waals surface area (Å²) in [5, 5.41) is 12.0. The van der Waals surface area contributed by atoms with Crippen LogP contribution in [-0.2, 0) is 4.79 Å². The zero-order valence-corrected chi connectivity index (χ0v) is 13.3. The summed E-state index contributed by atoms with van der Waals surface area (Å²) in [6.07, 6.45) is 0.783. The van der Waals surface area contributed by atoms with Crippen LogP contribution >= 0.6 is 12.2 Å². The largest absolute Gasteiger partial charge is 0.393 e. The first-order valence-corrected chi connectivity index (χ1v) is 7.35. The minimum atomic E-state index is -0.316. The molecule has 0 saturated heterocycles. The van der Waals surface area contributed by atoms with Crippen LogP contribution < -0.4 is 11.1 Å². The molecule has 0 saturated carbocycles. The van der Waals surface area contributed by atoms with Crippen molar-refractivity contribution in [2.45, 2.75) is 25.9 Å². The van der Waals surface area contributed by atoms with Crippen LogP contribution in [-0.4, -0.2) is 47.1 Å². The van der Waals surface area contributed by atoms with Gasteiger partial charge in [0.15, 0.2) is 0 Å². The first kappa shape index (κ1) is 17.6. The van der Waals surface area contributed by atoms with Crippen LogP contribution in [0.25, 0.3) is 0 Å². The van der Waals surface area contributed by atoms with E-state index in [9.17, 15) is 9.90 Å². The molecule has 4 N–H and O–H groups in total. The Labute approximate surface area is 131 Å². The van der Waals surface area contributed by atoms with Crippen LogP contribution in [0, 0.1) is 0 Å². The number of aliphatic hydroxyl groups excluding tert-OH is 1. The Kier molecular flexibility index (Phi) is 7.28. The van der Waals surface area contributed by atoms with Crippen molar-refractivity contribution in [1.82, 2.24) is 4.90 Å². The summed E-state index contributed by atoms with van der Waals surface area (Å²) in [6, 6.07) is 7.18. The predicted molar refractivity (Wildman–Crippen MR) is 89.4 cm³/mol. The van der Waals surface area contributed by atoms with Crippen LogP contribution in [0.1, 0.15) is 25.3 Å². The Morgan fingerprint density at radius 2 is 2.19 bits per heavy atom. The maximum atomic E-state index is 11.9. The van der Waals surface area contributed by atoms with E-state index in [0.717, 1.165) is 12.1 Å². The van der Waals surface area contributed by atoms with E-state index in [4.69, 9.17) is 18.0 Å². The fourth-order valence-electron chi connectivity index (χ4n) is 1.79. The summed E-state index contributed by atoms with van der Waals surface area (Å²) >= 11 is 4.91. The molecule has 1 rings (SSSR count). The SMILES string of the molecule is CC(O)CCN(C)CCC(=O)Nc1cccc(C(N)=S)c1. The zero-order chi connectivity index (χ0) is 15.8. The molecule has 21 heavy (non-hydrogen) atoms. The van der Waals surface area contributed by atoms with Gasteiger partial charge in [0.1, 0.15) is 4.99 Å². The van der Waals surface area contributed by atoms with Crippen LogP contribution in [0.4, 0.5) is 5.69 Å². The number of carbonyl (C=O) groups excluding carboxylic acids is 1. The lowest BCUT2D eigenvalue weighted by Crippen LogP contribution is -2.26. The van der Waals surface area contributed by atoms with Crippen LogP contribution in [0.5, 0.6) is 0 Å². The molecule has 0 aliphatic heterocycles. The van der Waals surface area contributed by atoms with E-state index in [1.165, 1.54) is 0 Å². The maximum absolute atomic E-state index is 11.9. The molecule has 1 atom stereocenters. The Bertz CT molecular complexity index is 492. The molecule has 116 valence electrons. The Morgan fingerprint density at radius 1 is 1.48 bits per heavy atom. The summed E-state index contributed by atoms with van der Waals surface area (Å²) < 4.78 is 0. The molecule has 1 unspecified atom stereocenters. The van der Waals surface area contributed by atoms with Gasteiger partial charge in [-0.05, 0) is 32.5 Å². The summed E-state index contributed by atoms with van der Waals surface area (Å²) in [6.45, 7) is 3.17. The number of nitrogens with zero attached hydrogens (tertiary/aromatic N) is 1. The predicted octanol–water partition coefficient (Wildman–Crippen LogP) is 1.35. The second-order valence-corrected chi connectivity index (χ2v) is 5.62. The van der Waals surface area contributed by atoms with Gasteiger partial charge in [-0.25, -0.2) is 0 Å². The summed E-state index contributed by atoms with van der Waals surface area (Å²) in [4.78, 5) is 14.2. The number of thiocarbonyl (C=S) groups is 1. The highest BCUT2D eigenvalue weighted by atomic mass is 32.1. The van der Waals surface area contributed by atoms with Crippen LogP contribution in [0.3, 0.4) is 0 Å². The van der Waals surface area contributed by atoms with Crippen molar-refractivity contribution in [3.8, 4) is 0 Å². The van der Waals surface area contributed by atoms with Crippen molar-refractivity contribution >= 4 is 28.8 Å². The summed E-state index contributed by atoms with van der Waals surface area (Å²) in [7, 11) is 1.93. The van der Waals surface area contributed by atoms with Crippen molar-refractivity contribution in [1.29, 1.82) is 0 Å². The zero-order valence-electron chi connectivity index (χ0n) is 12.5. The van der Waals surface area contributed by atoms with E-state index < -0.39 is 0 Å². The highest BCUT2D eigenvalue weighted by Crippen LogP contribution is 2.11. The van der Waals surface area contributed by atoms with Crippen LogP contribution in [0.2, 0.25) is 0 Å². The number of benzene rings is 1. The van der Waals surface area contributed by atoms with Gasteiger partial charge in [-0.1, -0.05) is 24.4 Å². The van der Waals surface area contributed by atoms with E-state index in [1.54, 1.807) is 25.1 Å². The van der Waals surface area contributed by atoms with E-state index in [0.29, 0.717) is 30.1 Å². The van der Waals surface area contributed by atoms with Crippen molar-refractivity contribution in [2.24, 2.45) is 5.73 Å². The summed E-state index contributed by atoms with van der Waals surface area (Å²) in [5.41, 5.74) is 6.99. The lowest BCUT2D eigenvalue weighted by Gasteiger charge is -2.17. The third-order valence-electron chi connectivity index (χ3n) is 3.08. The average Bonchev–Trinajstić information content (AvgIpc) is 2.43. The third-order valence-corrected chi connectivity index (χ3v) is 3.32. The first-order chi connectivity index (χ1) is 9.88. The minimum absolute atomic E-state index is 0.0565. The normalized spacial score (nSPS) is 12.2. The van der Waals surface area contributed by atoms with Gasteiger partial charge in [-0.15, -0.1) is 0 Å². The van der Waals surface area contributed by atoms with Gasteiger partial charge in [0, 0.05) is 30.8 Å². The van der Waals surface area contributed by atoms with Gasteiger partial charge in [0.25, 0.3) is 0 Å². The molecule has 6 heteroatoms. The molecule has 0 fully saturated rings. The number of hydrogen-bond acceptors (Lipinski definition) is 4. The molecule has 0 spiro atoms. The van der Waals surface area contributed by atoms with Crippen molar-refractivity contribution in [3.05, 3.63) is 29.8 Å². The standard InChI is InChI=1S/C15H23N3O2S/c1-11(19)6-8-18(2)9-7-14(20)17-13-5-3-4-12(10-13)15(16)21/h3-5,10-11,19H,6-9H2,1-2H3,(H2,16,21)(H,17,20). The van der Waals surface area contributed by atoms with E-state index in [2.05, 4.69) is 5.32 Å². The highest BCUT2D eigenvalue weighted by molar-refractivity contribution is 7.80. The van der Waals surface area contributed by atoms with Gasteiger partial charge in [-0.3, -0.25) is 4.79 Å². The third kappa shape index (κ3) is 7.17. The molecule has 0 heterocycles. The molecule has 0 bridgehead atoms. The summed E-state index contributed by atoms with van der Waals surface area (Å²) in [5.74, 6) is -0.0565. The molecule has 1 aromatic rings. The number of nitrogens with two attached hydrogens (primary N) is 1. The quantitative estimate of drug-likeness (QED) is 0.632. The molecule has 0 aliphatic rings. The number of rotatable bonds is 8. The van der Waals surface area contributed by atoms with Gasteiger partial charge in [0.2, 0.25) is 5.91 Å². The number of anilines is 1. The molecular formula is C15H23N3O2S. The monoisotopic (exact) mass is 309 g/mol. The van der Waals surface area contributed by atoms with Gasteiger partial charge in [0.05, 0.1) is 6.10 Å². The van der Waals surface area contributed by atoms with Gasteiger partial charge in [-0.2, -0.15) is 0 Å². The minimum Gasteiger partial charge on any atom is -0.393 e. The van der Waals surface area contributed by atoms with E-state index in [-0.39, 0.29) is 12.0 Å². The Hall–Kier alpha value is -1.50.